The normalized spacial score (nSPS) is 9.75. The third-order valence-corrected chi connectivity index (χ3v) is 0.876. The Morgan fingerprint density at radius 2 is 2.12 bits per heavy atom. The average Bonchev–Trinajstić information content (AvgIpc) is 1.81. The van der Waals surface area contributed by atoms with Crippen LogP contribution in [0, 0.1) is 0 Å². The summed E-state index contributed by atoms with van der Waals surface area (Å²) in [4.78, 5) is 3.97. The first-order valence-corrected chi connectivity index (χ1v) is 2.82. The second-order valence-corrected chi connectivity index (χ2v) is 1.59. The summed E-state index contributed by atoms with van der Waals surface area (Å²) in [5, 5.41) is 2.89. The van der Waals surface area contributed by atoms with E-state index in [1.165, 1.54) is 0 Å². The second-order valence-electron chi connectivity index (χ2n) is 1.59. The molecule has 0 amide bonds. The van der Waals surface area contributed by atoms with Gasteiger partial charge in [-0.2, -0.15) is 0 Å². The lowest BCUT2D eigenvalue weighted by Crippen LogP contribution is -1.88. The molecule has 0 radical (unpaired) electrons. The molecular weight excluding hydrogens is 111 g/mol. The summed E-state index contributed by atoms with van der Waals surface area (Å²) < 4.78 is 10.7. The first kappa shape index (κ1) is 7.85. The SMILES string of the molecule is CCCCCOOF. The van der Waals surface area contributed by atoms with Crippen LogP contribution >= 0.6 is 0 Å². The molecule has 0 unspecified atom stereocenters. The molecule has 2 nitrogen and oxygen atoms in total. The molecule has 8 heavy (non-hydrogen) atoms. The van der Waals surface area contributed by atoms with Gasteiger partial charge in [-0.3, -0.25) is 0 Å². The quantitative estimate of drug-likeness (QED) is 0.315. The predicted octanol–water partition coefficient (Wildman–Crippen LogP) is 2.01. The molecule has 0 fully saturated rings. The number of hydrogen-bond acceptors (Lipinski definition) is 2. The molecule has 0 heterocycles. The summed E-state index contributed by atoms with van der Waals surface area (Å²) >= 11 is 0. The van der Waals surface area contributed by atoms with Gasteiger partial charge in [0.1, 0.15) is 0 Å². The minimum atomic E-state index is 0.352. The van der Waals surface area contributed by atoms with Crippen molar-refractivity contribution in [3.8, 4) is 0 Å². The van der Waals surface area contributed by atoms with Crippen molar-refractivity contribution in [2.24, 2.45) is 0 Å². The van der Waals surface area contributed by atoms with Gasteiger partial charge in [0.15, 0.2) is 0 Å². The van der Waals surface area contributed by atoms with E-state index in [0.717, 1.165) is 19.3 Å². The van der Waals surface area contributed by atoms with Gasteiger partial charge in [0, 0.05) is 0 Å². The van der Waals surface area contributed by atoms with E-state index in [9.17, 15) is 4.53 Å². The lowest BCUT2D eigenvalue weighted by atomic mass is 10.3. The van der Waals surface area contributed by atoms with Gasteiger partial charge in [-0.05, 0) is 16.0 Å². The van der Waals surface area contributed by atoms with Gasteiger partial charge in [0.2, 0.25) is 0 Å². The molecule has 0 aliphatic carbocycles. The average molecular weight is 122 g/mol. The molecule has 0 aromatic carbocycles. The van der Waals surface area contributed by atoms with Gasteiger partial charge in [0.05, 0.1) is 6.61 Å². The van der Waals surface area contributed by atoms with Gasteiger partial charge < -0.3 is 0 Å². The summed E-state index contributed by atoms with van der Waals surface area (Å²) in [5.74, 6) is 0. The van der Waals surface area contributed by atoms with Crippen LogP contribution in [-0.4, -0.2) is 6.61 Å². The largest absolute Gasteiger partial charge is 0.202 e. The number of unbranched alkanes of at least 4 members (excludes halogenated alkanes) is 2. The molecular formula is C5H11FO2. The van der Waals surface area contributed by atoms with E-state index in [0.29, 0.717) is 6.61 Å². The van der Waals surface area contributed by atoms with E-state index in [1.807, 2.05) is 0 Å². The molecule has 0 spiro atoms. The second kappa shape index (κ2) is 6.85. The Kier molecular flexibility index (Phi) is 6.72. The fourth-order valence-corrected chi connectivity index (χ4v) is 0.442. The molecule has 0 saturated heterocycles. The van der Waals surface area contributed by atoms with Crippen LogP contribution in [0.1, 0.15) is 26.2 Å². The molecule has 0 N–H and O–H groups in total. The smallest absolute Gasteiger partial charge is 0.0856 e. The Bertz CT molecular complexity index is 35.4. The number of halogens is 1. The lowest BCUT2D eigenvalue weighted by molar-refractivity contribution is -0.429. The highest BCUT2D eigenvalue weighted by Gasteiger charge is 1.85. The van der Waals surface area contributed by atoms with Crippen molar-refractivity contribution in [1.82, 2.24) is 0 Å². The van der Waals surface area contributed by atoms with Crippen LogP contribution < -0.4 is 0 Å². The maximum Gasteiger partial charge on any atom is 0.0856 e. The first-order valence-electron chi connectivity index (χ1n) is 2.82. The summed E-state index contributed by atoms with van der Waals surface area (Å²) in [7, 11) is 0. The van der Waals surface area contributed by atoms with Crippen molar-refractivity contribution in [1.29, 1.82) is 0 Å². The molecule has 0 bridgehead atoms. The van der Waals surface area contributed by atoms with Crippen LogP contribution in [-0.2, 0) is 9.98 Å². The number of hydrogen-bond donors (Lipinski definition) is 0. The van der Waals surface area contributed by atoms with Gasteiger partial charge in [0.25, 0.3) is 0 Å². The Balaban J connectivity index is 2.53. The molecule has 0 rings (SSSR count). The van der Waals surface area contributed by atoms with Crippen molar-refractivity contribution in [3.05, 3.63) is 0 Å². The van der Waals surface area contributed by atoms with Crippen LogP contribution in [0.4, 0.5) is 4.53 Å². The topological polar surface area (TPSA) is 18.5 Å². The summed E-state index contributed by atoms with van der Waals surface area (Å²) in [5.41, 5.74) is 0. The van der Waals surface area contributed by atoms with E-state index in [4.69, 9.17) is 0 Å². The van der Waals surface area contributed by atoms with E-state index < -0.39 is 0 Å². The molecule has 3 heteroatoms. The van der Waals surface area contributed by atoms with Crippen molar-refractivity contribution in [2.75, 3.05) is 6.61 Å². The van der Waals surface area contributed by atoms with Crippen molar-refractivity contribution in [2.45, 2.75) is 26.2 Å². The van der Waals surface area contributed by atoms with Crippen LogP contribution in [0.3, 0.4) is 0 Å². The Hall–Kier alpha value is -0.150. The molecule has 0 aromatic rings. The number of rotatable bonds is 5. The van der Waals surface area contributed by atoms with Gasteiger partial charge in [-0.25, -0.2) is 4.89 Å². The fourth-order valence-electron chi connectivity index (χ4n) is 0.442. The zero-order valence-corrected chi connectivity index (χ0v) is 5.02. The van der Waals surface area contributed by atoms with Crippen molar-refractivity contribution >= 4 is 0 Å². The van der Waals surface area contributed by atoms with Crippen molar-refractivity contribution < 1.29 is 14.5 Å². The molecule has 50 valence electrons. The van der Waals surface area contributed by atoms with Gasteiger partial charge in [-0.15, -0.1) is 0 Å². The summed E-state index contributed by atoms with van der Waals surface area (Å²) in [6.45, 7) is 2.42. The van der Waals surface area contributed by atoms with Crippen LogP contribution in [0.25, 0.3) is 0 Å². The molecule has 0 atom stereocenters. The first-order chi connectivity index (χ1) is 3.91. The third-order valence-electron chi connectivity index (χ3n) is 0.876. The Morgan fingerprint density at radius 3 is 2.62 bits per heavy atom. The zero-order valence-electron chi connectivity index (χ0n) is 5.02. The highest BCUT2D eigenvalue weighted by Crippen LogP contribution is 1.93. The lowest BCUT2D eigenvalue weighted by Gasteiger charge is -1.92. The summed E-state index contributed by atoms with van der Waals surface area (Å²) in [6, 6.07) is 0. The third kappa shape index (κ3) is 5.85. The maximum absolute atomic E-state index is 10.7. The minimum absolute atomic E-state index is 0.352. The fraction of sp³-hybridized carbons (Fsp3) is 1.00. The van der Waals surface area contributed by atoms with E-state index in [1.54, 1.807) is 0 Å². The van der Waals surface area contributed by atoms with E-state index >= 15 is 0 Å². The zero-order chi connectivity index (χ0) is 6.24. The highest BCUT2D eigenvalue weighted by molar-refractivity contribution is 4.32. The highest BCUT2D eigenvalue weighted by atomic mass is 19.3. The van der Waals surface area contributed by atoms with Gasteiger partial charge >= 0.3 is 0 Å². The monoisotopic (exact) mass is 122 g/mol. The molecule has 0 saturated carbocycles. The van der Waals surface area contributed by atoms with E-state index in [-0.39, 0.29) is 0 Å². The Labute approximate surface area is 48.4 Å². The van der Waals surface area contributed by atoms with Gasteiger partial charge in [-0.1, -0.05) is 19.8 Å². The Morgan fingerprint density at radius 1 is 1.38 bits per heavy atom. The molecule has 0 aliphatic rings. The maximum atomic E-state index is 10.7. The van der Waals surface area contributed by atoms with Crippen LogP contribution in [0.15, 0.2) is 0 Å². The standard InChI is InChI=1S/C5H11FO2/c1-2-3-4-5-7-8-6/h2-5H2,1H3. The van der Waals surface area contributed by atoms with Crippen molar-refractivity contribution in [3.63, 3.8) is 0 Å². The van der Waals surface area contributed by atoms with E-state index in [2.05, 4.69) is 16.9 Å². The molecule has 0 aliphatic heterocycles. The van der Waals surface area contributed by atoms with Crippen LogP contribution in [0.5, 0.6) is 0 Å². The van der Waals surface area contributed by atoms with Crippen LogP contribution in [0.2, 0.25) is 0 Å². The predicted molar refractivity (Wildman–Crippen MR) is 27.7 cm³/mol. The molecule has 0 aromatic heterocycles. The minimum Gasteiger partial charge on any atom is -0.202 e. The summed E-state index contributed by atoms with van der Waals surface area (Å²) in [6.07, 6.45) is 3.03.